The van der Waals surface area contributed by atoms with Crippen LogP contribution in [0.15, 0.2) is 53.4 Å². The molecule has 0 aliphatic carbocycles. The summed E-state index contributed by atoms with van der Waals surface area (Å²) in [6.45, 7) is 0. The van der Waals surface area contributed by atoms with Crippen molar-refractivity contribution in [2.45, 2.75) is 4.90 Å². The average Bonchev–Trinajstić information content (AvgIpc) is 2.39. The number of benzene rings is 2. The number of hydrogen-bond donors (Lipinski definition) is 2. The highest BCUT2D eigenvalue weighted by atomic mass is 32.2. The van der Waals surface area contributed by atoms with E-state index in [0.717, 1.165) is 0 Å². The molecule has 0 heterocycles. The van der Waals surface area contributed by atoms with E-state index in [0.29, 0.717) is 17.1 Å². The Morgan fingerprint density at radius 3 is 2.42 bits per heavy atom. The highest BCUT2D eigenvalue weighted by Crippen LogP contribution is 2.28. The molecule has 5 nitrogen and oxygen atoms in total. The lowest BCUT2D eigenvalue weighted by Gasteiger charge is -2.12. The molecule has 19 heavy (non-hydrogen) atoms. The summed E-state index contributed by atoms with van der Waals surface area (Å²) >= 11 is 0. The predicted octanol–water partition coefficient (Wildman–Crippen LogP) is 2.08. The molecule has 3 N–H and O–H groups in total. The zero-order valence-corrected chi connectivity index (χ0v) is 11.1. The summed E-state index contributed by atoms with van der Waals surface area (Å²) in [6, 6.07) is 12.9. The fraction of sp³-hybridized carbons (Fsp3) is 0.0769. The van der Waals surface area contributed by atoms with Crippen molar-refractivity contribution in [2.75, 3.05) is 17.6 Å². The third-order valence-electron chi connectivity index (χ3n) is 2.52. The van der Waals surface area contributed by atoms with Gasteiger partial charge in [0.15, 0.2) is 0 Å². The molecule has 0 saturated carbocycles. The third kappa shape index (κ3) is 2.97. The number of hydrogen-bond acceptors (Lipinski definition) is 4. The number of methoxy groups -OCH3 is 1. The van der Waals surface area contributed by atoms with Crippen molar-refractivity contribution < 1.29 is 13.2 Å². The highest BCUT2D eigenvalue weighted by Gasteiger charge is 2.16. The van der Waals surface area contributed by atoms with E-state index in [1.165, 1.54) is 25.3 Å². The Morgan fingerprint density at radius 1 is 1.11 bits per heavy atom. The van der Waals surface area contributed by atoms with Crippen LogP contribution < -0.4 is 15.2 Å². The Bertz CT molecular complexity index is 670. The Balaban J connectivity index is 2.38. The van der Waals surface area contributed by atoms with Crippen molar-refractivity contribution in [1.29, 1.82) is 0 Å². The fourth-order valence-corrected chi connectivity index (χ4v) is 2.69. The minimum atomic E-state index is -3.65. The maximum atomic E-state index is 12.2. The Labute approximate surface area is 112 Å². The molecule has 100 valence electrons. The van der Waals surface area contributed by atoms with Crippen LogP contribution in [0.3, 0.4) is 0 Å². The highest BCUT2D eigenvalue weighted by molar-refractivity contribution is 7.92. The lowest BCUT2D eigenvalue weighted by atomic mass is 10.2. The number of sulfonamides is 1. The molecular formula is C13H14N2O3S. The van der Waals surface area contributed by atoms with Gasteiger partial charge in [0.2, 0.25) is 0 Å². The average molecular weight is 278 g/mol. The SMILES string of the molecule is COc1ccc(N)cc1NS(=O)(=O)c1ccccc1. The molecule has 0 saturated heterocycles. The van der Waals surface area contributed by atoms with Gasteiger partial charge < -0.3 is 10.5 Å². The van der Waals surface area contributed by atoms with Crippen molar-refractivity contribution in [2.24, 2.45) is 0 Å². The van der Waals surface area contributed by atoms with Crippen molar-refractivity contribution in [3.63, 3.8) is 0 Å². The first-order valence-corrected chi connectivity index (χ1v) is 7.02. The Hall–Kier alpha value is -2.21. The second-order valence-electron chi connectivity index (χ2n) is 3.88. The molecule has 0 aromatic heterocycles. The second-order valence-corrected chi connectivity index (χ2v) is 5.56. The normalized spacial score (nSPS) is 11.0. The topological polar surface area (TPSA) is 81.4 Å². The molecule has 0 atom stereocenters. The Morgan fingerprint density at radius 2 is 1.79 bits per heavy atom. The van der Waals surface area contributed by atoms with Crippen molar-refractivity contribution in [3.8, 4) is 5.75 Å². The number of nitrogens with two attached hydrogens (primary N) is 1. The van der Waals surface area contributed by atoms with Crippen LogP contribution in [0, 0.1) is 0 Å². The monoisotopic (exact) mass is 278 g/mol. The maximum Gasteiger partial charge on any atom is 0.262 e. The van der Waals surface area contributed by atoms with Crippen LogP contribution in [0.4, 0.5) is 11.4 Å². The fourth-order valence-electron chi connectivity index (χ4n) is 1.61. The molecule has 0 aliphatic heterocycles. The van der Waals surface area contributed by atoms with E-state index in [1.54, 1.807) is 30.3 Å². The number of anilines is 2. The minimum Gasteiger partial charge on any atom is -0.495 e. The lowest BCUT2D eigenvalue weighted by Crippen LogP contribution is -2.13. The smallest absolute Gasteiger partial charge is 0.262 e. The molecule has 0 aliphatic rings. The quantitative estimate of drug-likeness (QED) is 0.839. The molecular weight excluding hydrogens is 264 g/mol. The second kappa shape index (κ2) is 5.19. The van der Waals surface area contributed by atoms with E-state index in [2.05, 4.69) is 4.72 Å². The zero-order chi connectivity index (χ0) is 13.9. The number of ether oxygens (including phenoxy) is 1. The van der Waals surface area contributed by atoms with Crippen molar-refractivity contribution in [3.05, 3.63) is 48.5 Å². The van der Waals surface area contributed by atoms with Crippen LogP contribution in [0.25, 0.3) is 0 Å². The van der Waals surface area contributed by atoms with E-state index in [4.69, 9.17) is 10.5 Å². The van der Waals surface area contributed by atoms with Gasteiger partial charge in [0, 0.05) is 5.69 Å². The van der Waals surface area contributed by atoms with E-state index in [9.17, 15) is 8.42 Å². The van der Waals surface area contributed by atoms with Gasteiger partial charge in [-0.25, -0.2) is 8.42 Å². The van der Waals surface area contributed by atoms with Gasteiger partial charge in [-0.2, -0.15) is 0 Å². The summed E-state index contributed by atoms with van der Waals surface area (Å²) in [5.74, 6) is 0.411. The molecule has 0 spiro atoms. The number of nitrogen functional groups attached to an aromatic ring is 1. The van der Waals surface area contributed by atoms with Gasteiger partial charge in [0.25, 0.3) is 10.0 Å². The van der Waals surface area contributed by atoms with Crippen LogP contribution in [-0.4, -0.2) is 15.5 Å². The molecule has 0 amide bonds. The largest absolute Gasteiger partial charge is 0.495 e. The van der Waals surface area contributed by atoms with Crippen LogP contribution >= 0.6 is 0 Å². The minimum absolute atomic E-state index is 0.180. The summed E-state index contributed by atoms with van der Waals surface area (Å²) in [5, 5.41) is 0. The first-order chi connectivity index (χ1) is 9.03. The molecule has 0 bridgehead atoms. The summed E-state index contributed by atoms with van der Waals surface area (Å²) < 4.78 is 31.9. The lowest BCUT2D eigenvalue weighted by molar-refractivity contribution is 0.417. The van der Waals surface area contributed by atoms with Gasteiger partial charge in [-0.1, -0.05) is 18.2 Å². The maximum absolute atomic E-state index is 12.2. The van der Waals surface area contributed by atoms with E-state index in [1.807, 2.05) is 0 Å². The summed E-state index contributed by atoms with van der Waals surface area (Å²) in [4.78, 5) is 0.180. The molecule has 2 aromatic rings. The third-order valence-corrected chi connectivity index (χ3v) is 3.90. The van der Waals surface area contributed by atoms with Gasteiger partial charge in [0.1, 0.15) is 5.75 Å². The first kappa shape index (κ1) is 13.2. The summed E-state index contributed by atoms with van der Waals surface area (Å²) in [7, 11) is -2.18. The van der Waals surface area contributed by atoms with Crippen molar-refractivity contribution in [1.82, 2.24) is 0 Å². The van der Waals surface area contributed by atoms with Crippen molar-refractivity contribution >= 4 is 21.4 Å². The summed E-state index contributed by atoms with van der Waals surface area (Å²) in [6.07, 6.45) is 0. The van der Waals surface area contributed by atoms with Gasteiger partial charge in [-0.3, -0.25) is 4.72 Å². The van der Waals surface area contributed by atoms with Gasteiger partial charge in [0.05, 0.1) is 17.7 Å². The van der Waals surface area contributed by atoms with Crippen LogP contribution in [0.5, 0.6) is 5.75 Å². The molecule has 2 rings (SSSR count). The summed E-state index contributed by atoms with van der Waals surface area (Å²) in [5.41, 5.74) is 6.41. The number of nitrogens with one attached hydrogen (secondary N) is 1. The number of rotatable bonds is 4. The molecule has 6 heteroatoms. The van der Waals surface area contributed by atoms with E-state index < -0.39 is 10.0 Å². The Kier molecular flexibility index (Phi) is 3.62. The van der Waals surface area contributed by atoms with E-state index in [-0.39, 0.29) is 4.90 Å². The molecule has 0 radical (unpaired) electrons. The van der Waals surface area contributed by atoms with Crippen LogP contribution in [0.1, 0.15) is 0 Å². The van der Waals surface area contributed by atoms with Crippen LogP contribution in [-0.2, 0) is 10.0 Å². The zero-order valence-electron chi connectivity index (χ0n) is 10.3. The van der Waals surface area contributed by atoms with E-state index >= 15 is 0 Å². The van der Waals surface area contributed by atoms with Gasteiger partial charge >= 0.3 is 0 Å². The molecule has 2 aromatic carbocycles. The molecule has 0 fully saturated rings. The predicted molar refractivity (Wildman–Crippen MR) is 74.7 cm³/mol. The molecule has 0 unspecified atom stereocenters. The standard InChI is InChI=1S/C13H14N2O3S/c1-18-13-8-7-10(14)9-12(13)15-19(16,17)11-5-3-2-4-6-11/h2-9,15H,14H2,1H3. The van der Waals surface area contributed by atoms with Crippen LogP contribution in [0.2, 0.25) is 0 Å². The van der Waals surface area contributed by atoms with Gasteiger partial charge in [-0.05, 0) is 30.3 Å². The first-order valence-electron chi connectivity index (χ1n) is 5.54. The van der Waals surface area contributed by atoms with Gasteiger partial charge in [-0.15, -0.1) is 0 Å².